The Balaban J connectivity index is 0.000000285. The van der Waals surface area contributed by atoms with E-state index in [0.717, 1.165) is 106 Å². The van der Waals surface area contributed by atoms with Gasteiger partial charge in [0.25, 0.3) is 23.4 Å². The molecular weight excluding hydrogens is 699 g/mol. The Bertz CT molecular complexity index is 1980. The molecule has 2 aromatic heterocycles. The molecule has 0 unspecified atom stereocenters. The van der Waals surface area contributed by atoms with E-state index >= 15 is 0 Å². The van der Waals surface area contributed by atoms with Crippen molar-refractivity contribution < 1.29 is 62.9 Å². The van der Waals surface area contributed by atoms with Crippen LogP contribution in [0.3, 0.4) is 0 Å². The summed E-state index contributed by atoms with van der Waals surface area (Å²) in [5.41, 5.74) is 5.60. The second kappa shape index (κ2) is 22.0. The molecule has 6 rings (SSSR count). The minimum Gasteiger partial charge on any atom is -0.870 e. The summed E-state index contributed by atoms with van der Waals surface area (Å²) in [6.07, 6.45) is 14.7. The van der Waals surface area contributed by atoms with Crippen LogP contribution in [0.25, 0.3) is 21.8 Å². The molecule has 4 heterocycles. The number of hydrogen-bond acceptors (Lipinski definition) is 8. The van der Waals surface area contributed by atoms with Gasteiger partial charge in [-0.05, 0) is 62.5 Å². The van der Waals surface area contributed by atoms with Crippen molar-refractivity contribution in [1.29, 1.82) is 0 Å². The van der Waals surface area contributed by atoms with Crippen LogP contribution in [0.2, 0.25) is 0 Å². The summed E-state index contributed by atoms with van der Waals surface area (Å²) in [5, 5.41) is 15.7. The third-order valence-corrected chi connectivity index (χ3v) is 9.98. The number of rotatable bonds is 18. The van der Waals surface area contributed by atoms with E-state index in [1.807, 2.05) is 30.5 Å². The number of unbranched alkanes of at least 4 members (excludes halogenated alkanes) is 6. The van der Waals surface area contributed by atoms with E-state index in [0.29, 0.717) is 37.1 Å². The minimum atomic E-state index is -0.782. The second-order valence-electron chi connectivity index (χ2n) is 13.8. The first kappa shape index (κ1) is 44.7. The number of carboxylic acid groups (broad SMARTS) is 1. The summed E-state index contributed by atoms with van der Waals surface area (Å²) in [6, 6.07) is 11.9. The Hall–Kier alpha value is -4.70. The Labute approximate surface area is 333 Å². The van der Waals surface area contributed by atoms with Gasteiger partial charge < -0.3 is 35.1 Å². The number of ketones is 2. The summed E-state index contributed by atoms with van der Waals surface area (Å²) in [7, 11) is 1.39. The van der Waals surface area contributed by atoms with Crippen LogP contribution < -0.4 is 29.5 Å². The Kier molecular flexibility index (Phi) is 17.9. The Morgan fingerprint density at radius 3 is 1.53 bits per heavy atom. The number of carbonyl (C=O) groups is 6. The zero-order chi connectivity index (χ0) is 37.7. The molecule has 290 valence electrons. The summed E-state index contributed by atoms with van der Waals surface area (Å²) in [5.74, 6) is -3.05. The molecule has 0 fully saturated rings. The number of carboxylic acids is 1. The van der Waals surface area contributed by atoms with Gasteiger partial charge in [0.1, 0.15) is 0 Å². The van der Waals surface area contributed by atoms with E-state index in [4.69, 9.17) is 5.11 Å². The van der Waals surface area contributed by atoms with E-state index in [9.17, 15) is 28.8 Å². The number of benzene rings is 2. The van der Waals surface area contributed by atoms with E-state index in [1.54, 1.807) is 6.20 Å². The van der Waals surface area contributed by atoms with Crippen LogP contribution in [0, 0.1) is 0 Å². The molecule has 0 spiro atoms. The largest absolute Gasteiger partial charge is 1.00 e. The summed E-state index contributed by atoms with van der Waals surface area (Å²) in [4.78, 5) is 71.1. The summed E-state index contributed by atoms with van der Waals surface area (Å²) < 4.78 is 8.77. The third-order valence-electron chi connectivity index (χ3n) is 9.98. The number of nitrogens with one attached hydrogen (secondary N) is 2. The zero-order valence-corrected chi connectivity index (χ0v) is 32.0. The minimum absolute atomic E-state index is 0. The van der Waals surface area contributed by atoms with Crippen molar-refractivity contribution in [2.75, 3.05) is 20.2 Å². The van der Waals surface area contributed by atoms with Crippen molar-refractivity contribution in [3.05, 3.63) is 71.0 Å². The van der Waals surface area contributed by atoms with Crippen molar-refractivity contribution >= 4 is 57.1 Å². The van der Waals surface area contributed by atoms with Gasteiger partial charge in [0, 0.05) is 62.2 Å². The van der Waals surface area contributed by atoms with Gasteiger partial charge in [-0.2, -0.15) is 0 Å². The van der Waals surface area contributed by atoms with Gasteiger partial charge in [0.2, 0.25) is 0 Å². The number of esters is 1. The summed E-state index contributed by atoms with van der Waals surface area (Å²) >= 11 is 0. The van der Waals surface area contributed by atoms with Crippen LogP contribution in [0.5, 0.6) is 0 Å². The number of Topliss-reactive ketones (excluding diaryl/α,β-unsaturated/α-hetero) is 2. The first-order chi connectivity index (χ1) is 25.7. The van der Waals surface area contributed by atoms with Gasteiger partial charge in [0.15, 0.2) is 0 Å². The molecule has 0 saturated heterocycles. The monoisotopic (exact) mass is 750 g/mol. The van der Waals surface area contributed by atoms with Crippen LogP contribution in [-0.4, -0.2) is 75.2 Å². The topological polar surface area (TPSA) is 196 Å². The average molecular weight is 751 g/mol. The number of aliphatic carboxylic acids is 1. The first-order valence-corrected chi connectivity index (χ1v) is 18.8. The van der Waals surface area contributed by atoms with Gasteiger partial charge in [0.05, 0.1) is 29.3 Å². The van der Waals surface area contributed by atoms with E-state index < -0.39 is 29.4 Å². The number of methoxy groups -OCH3 is 1. The number of amides is 2. The number of para-hydroxylation sites is 2. The maximum absolute atomic E-state index is 12.6. The molecule has 0 atom stereocenters. The first-order valence-electron chi connectivity index (χ1n) is 18.8. The van der Waals surface area contributed by atoms with Crippen LogP contribution in [0.1, 0.15) is 109 Å². The van der Waals surface area contributed by atoms with Gasteiger partial charge in [-0.1, -0.05) is 62.1 Å². The van der Waals surface area contributed by atoms with Crippen molar-refractivity contribution in [1.82, 2.24) is 19.8 Å². The smallest absolute Gasteiger partial charge is 0.870 e. The summed E-state index contributed by atoms with van der Waals surface area (Å²) in [6.45, 7) is 2.65. The van der Waals surface area contributed by atoms with E-state index in [2.05, 4.69) is 36.6 Å². The number of carbonyl (C=O) groups excluding carboxylic acids is 5. The van der Waals surface area contributed by atoms with Crippen LogP contribution in [0.4, 0.5) is 0 Å². The maximum atomic E-state index is 12.6. The fourth-order valence-electron chi connectivity index (χ4n) is 7.29. The molecule has 0 saturated carbocycles. The van der Waals surface area contributed by atoms with Crippen molar-refractivity contribution in [3.8, 4) is 0 Å². The van der Waals surface area contributed by atoms with Gasteiger partial charge >= 0.3 is 30.8 Å². The molecule has 0 aliphatic carbocycles. The molecular formula is C41H51LiN4O9. The average Bonchev–Trinajstić information content (AvgIpc) is 3.74. The maximum Gasteiger partial charge on any atom is 1.00 e. The zero-order valence-electron chi connectivity index (χ0n) is 32.0. The molecule has 2 aliphatic rings. The van der Waals surface area contributed by atoms with Crippen LogP contribution >= 0.6 is 0 Å². The fraction of sp³-hybridized carbons (Fsp3) is 0.463. The third kappa shape index (κ3) is 11.6. The number of hydrogen-bond donors (Lipinski definition) is 3. The number of aryl methyl sites for hydroxylation is 4. The Morgan fingerprint density at radius 1 is 0.655 bits per heavy atom. The van der Waals surface area contributed by atoms with Gasteiger partial charge in [-0.15, -0.1) is 0 Å². The fourth-order valence-corrected chi connectivity index (χ4v) is 7.29. The molecule has 0 radical (unpaired) electrons. The van der Waals surface area contributed by atoms with Crippen LogP contribution in [-0.2, 0) is 49.8 Å². The molecule has 2 aliphatic heterocycles. The Morgan fingerprint density at radius 2 is 1.09 bits per heavy atom. The molecule has 2 aromatic carbocycles. The van der Waals surface area contributed by atoms with Crippen molar-refractivity contribution in [2.45, 2.75) is 103 Å². The number of aromatic nitrogens is 2. The van der Waals surface area contributed by atoms with Crippen LogP contribution in [0.15, 0.2) is 48.8 Å². The number of nitrogens with zero attached hydrogens (tertiary/aromatic N) is 2. The molecule has 55 heavy (non-hydrogen) atoms. The van der Waals surface area contributed by atoms with Gasteiger partial charge in [-0.25, -0.2) is 0 Å². The molecule has 14 heteroatoms. The van der Waals surface area contributed by atoms with Gasteiger partial charge in [-0.3, -0.25) is 28.8 Å². The molecule has 2 amide bonds. The van der Waals surface area contributed by atoms with Crippen molar-refractivity contribution in [3.63, 3.8) is 0 Å². The normalized spacial score (nSPS) is 12.4. The van der Waals surface area contributed by atoms with Crippen molar-refractivity contribution in [2.24, 2.45) is 0 Å². The number of ether oxygens (including phenoxy) is 1. The SMILES string of the molecule is COC(=O)CCCCCCNC(=O)C(=O)c1cn2c3c(cccc13)CCC2.O=C(O)CCCCCCNC(=O)C(=O)c1cn2c3c(cccc13)CCC2.[Li+].[OH-]. The second-order valence-corrected chi connectivity index (χ2v) is 13.8. The molecule has 4 aromatic rings. The predicted molar refractivity (Wildman–Crippen MR) is 203 cm³/mol. The van der Waals surface area contributed by atoms with E-state index in [-0.39, 0.29) is 36.7 Å². The predicted octanol–water partition coefficient (Wildman–Crippen LogP) is 2.76. The van der Waals surface area contributed by atoms with E-state index in [1.165, 1.54) is 18.2 Å². The molecule has 4 N–H and O–H groups in total. The quantitative estimate of drug-likeness (QED) is 0.0451. The molecule has 13 nitrogen and oxygen atoms in total. The standard InChI is InChI=1S/C21H26N2O4.C20H24N2O4.Li.H2O/c1-27-18(24)11-4-2-3-5-12-22-21(26)20(25)17-14-23-13-7-9-15-8-6-10-16(17)19(15)23;23-17(24)10-3-1-2-4-11-21-20(26)19(25)16-13-22-12-6-8-14-7-5-9-15(16)18(14)22;;/h6,8,10,14H,2-5,7,9,11-13H2,1H3,(H,22,26);5,7,9,13H,1-4,6,8,10-12H2,(H,21,26)(H,23,24);;1H2/q;;+1;/p-1. The molecule has 0 bridgehead atoms.